The highest BCUT2D eigenvalue weighted by Gasteiger charge is 2.26. The average Bonchev–Trinajstić information content (AvgIpc) is 3.37. The summed E-state index contributed by atoms with van der Waals surface area (Å²) in [6.07, 6.45) is 8.78. The zero-order chi connectivity index (χ0) is 23.5. The van der Waals surface area contributed by atoms with Crippen LogP contribution in [0.5, 0.6) is 0 Å². The molecular formula is C25H25N7O2. The zero-order valence-corrected chi connectivity index (χ0v) is 18.7. The number of hydrogen-bond donors (Lipinski definition) is 1. The van der Waals surface area contributed by atoms with Gasteiger partial charge in [0.25, 0.3) is 5.56 Å². The molecule has 1 aliphatic rings. The highest BCUT2D eigenvalue weighted by molar-refractivity contribution is 5.75. The molecule has 9 heteroatoms. The molecule has 34 heavy (non-hydrogen) atoms. The smallest absolute Gasteiger partial charge is 0.252 e. The number of pyridine rings is 1. The van der Waals surface area contributed by atoms with Gasteiger partial charge in [-0.15, -0.1) is 0 Å². The number of hydrogen-bond acceptors (Lipinski definition) is 7. The van der Waals surface area contributed by atoms with E-state index in [0.29, 0.717) is 36.2 Å². The highest BCUT2D eigenvalue weighted by Crippen LogP contribution is 2.22. The Kier molecular flexibility index (Phi) is 6.01. The minimum absolute atomic E-state index is 0.0765. The summed E-state index contributed by atoms with van der Waals surface area (Å²) in [6.45, 7) is 6.74. The predicted octanol–water partition coefficient (Wildman–Crippen LogP) is 2.80. The normalized spacial score (nSPS) is 14.1. The van der Waals surface area contributed by atoms with E-state index in [2.05, 4.69) is 31.7 Å². The van der Waals surface area contributed by atoms with Gasteiger partial charge in [0.2, 0.25) is 5.95 Å². The van der Waals surface area contributed by atoms with Crippen LogP contribution >= 0.6 is 0 Å². The lowest BCUT2D eigenvalue weighted by molar-refractivity contribution is -0.105. The molecule has 0 unspecified atom stereocenters. The van der Waals surface area contributed by atoms with Gasteiger partial charge in [-0.25, -0.2) is 9.97 Å². The average molecular weight is 456 g/mol. The molecule has 1 saturated heterocycles. The number of nitrogens with one attached hydrogen (secondary N) is 1. The fourth-order valence-electron chi connectivity index (χ4n) is 4.23. The van der Waals surface area contributed by atoms with Crippen molar-refractivity contribution < 1.29 is 4.79 Å². The molecule has 4 heterocycles. The second-order valence-electron chi connectivity index (χ2n) is 8.56. The molecule has 1 aliphatic heterocycles. The zero-order valence-electron chi connectivity index (χ0n) is 18.7. The number of aldehydes is 1. The summed E-state index contributed by atoms with van der Waals surface area (Å²) in [4.78, 5) is 38.7. The van der Waals surface area contributed by atoms with Crippen LogP contribution in [-0.2, 0) is 11.3 Å². The molecule has 0 saturated carbocycles. The van der Waals surface area contributed by atoms with Gasteiger partial charge >= 0.3 is 0 Å². The summed E-state index contributed by atoms with van der Waals surface area (Å²) in [6, 6.07) is 11.2. The molecule has 5 rings (SSSR count). The van der Waals surface area contributed by atoms with Crippen molar-refractivity contribution in [2.75, 3.05) is 25.0 Å². The van der Waals surface area contributed by atoms with Crippen LogP contribution in [0, 0.1) is 5.92 Å². The number of carbonyl (C=O) groups is 1. The first-order valence-corrected chi connectivity index (χ1v) is 11.2. The largest absolute Gasteiger partial charge is 0.324 e. The van der Waals surface area contributed by atoms with Gasteiger partial charge in [0.1, 0.15) is 11.9 Å². The Morgan fingerprint density at radius 3 is 2.74 bits per heavy atom. The summed E-state index contributed by atoms with van der Waals surface area (Å²) >= 11 is 0. The lowest BCUT2D eigenvalue weighted by atomic mass is 9.95. The maximum atomic E-state index is 12.6. The van der Waals surface area contributed by atoms with Crippen molar-refractivity contribution in [1.29, 1.82) is 0 Å². The molecule has 0 bridgehead atoms. The predicted molar refractivity (Wildman–Crippen MR) is 130 cm³/mol. The quantitative estimate of drug-likeness (QED) is 0.306. The van der Waals surface area contributed by atoms with E-state index in [4.69, 9.17) is 0 Å². The topological polar surface area (TPSA) is 97.9 Å². The Bertz CT molecular complexity index is 1370. The second kappa shape index (κ2) is 9.40. The molecule has 0 atom stereocenters. The van der Waals surface area contributed by atoms with Gasteiger partial charge < -0.3 is 9.88 Å². The van der Waals surface area contributed by atoms with Crippen molar-refractivity contribution in [1.82, 2.24) is 29.0 Å². The first kappa shape index (κ1) is 21.7. The molecule has 0 radical (unpaired) electrons. The van der Waals surface area contributed by atoms with Crippen molar-refractivity contribution in [2.45, 2.75) is 13.0 Å². The van der Waals surface area contributed by atoms with Gasteiger partial charge in [0, 0.05) is 67.6 Å². The molecule has 172 valence electrons. The number of imidazole rings is 1. The van der Waals surface area contributed by atoms with E-state index < -0.39 is 0 Å². The van der Waals surface area contributed by atoms with E-state index in [1.54, 1.807) is 35.4 Å². The number of aromatic nitrogens is 5. The maximum Gasteiger partial charge on any atom is 0.252 e. The minimum atomic E-state index is -0.0765. The number of aryl methyl sites for hydroxylation is 1. The van der Waals surface area contributed by atoms with Gasteiger partial charge in [-0.3, -0.25) is 19.1 Å². The molecule has 9 nitrogen and oxygen atoms in total. The van der Waals surface area contributed by atoms with E-state index in [-0.39, 0.29) is 5.56 Å². The van der Waals surface area contributed by atoms with Crippen LogP contribution in [0.2, 0.25) is 0 Å². The first-order valence-electron chi connectivity index (χ1n) is 11.2. The summed E-state index contributed by atoms with van der Waals surface area (Å²) in [5.74, 6) is 0.916. The number of fused-ring (bicyclic) bond motifs is 1. The van der Waals surface area contributed by atoms with Crippen LogP contribution in [0.4, 0.5) is 11.6 Å². The van der Waals surface area contributed by atoms with Crippen molar-refractivity contribution in [3.05, 3.63) is 83.8 Å². The third-order valence-corrected chi connectivity index (χ3v) is 6.04. The number of nitrogens with zero attached hydrogens (tertiary/aromatic N) is 6. The number of benzene rings is 1. The van der Waals surface area contributed by atoms with Gasteiger partial charge in [-0.2, -0.15) is 4.98 Å². The van der Waals surface area contributed by atoms with E-state index in [0.717, 1.165) is 42.6 Å². The number of anilines is 2. The highest BCUT2D eigenvalue weighted by atomic mass is 16.1. The SMILES string of the molecule is C=C(C=O)CN1CC(CCn2c(=O)ccc3cnc(Nc4ccc(-n5ccnc5)cc4)nc32)C1. The van der Waals surface area contributed by atoms with Gasteiger partial charge in [-0.1, -0.05) is 6.58 Å². The molecule has 1 aromatic carbocycles. The lowest BCUT2D eigenvalue weighted by Gasteiger charge is -2.39. The maximum absolute atomic E-state index is 12.6. The molecule has 1 fully saturated rings. The Labute approximate surface area is 196 Å². The summed E-state index contributed by atoms with van der Waals surface area (Å²) in [7, 11) is 0. The Hall–Kier alpha value is -4.11. The van der Waals surface area contributed by atoms with E-state index in [1.165, 1.54) is 0 Å². The van der Waals surface area contributed by atoms with Crippen LogP contribution < -0.4 is 10.9 Å². The Morgan fingerprint density at radius 2 is 2.00 bits per heavy atom. The fourth-order valence-corrected chi connectivity index (χ4v) is 4.23. The van der Waals surface area contributed by atoms with Gasteiger partial charge in [0.05, 0.1) is 6.33 Å². The van der Waals surface area contributed by atoms with E-state index in [1.807, 2.05) is 35.0 Å². The van der Waals surface area contributed by atoms with Crippen molar-refractivity contribution in [3.8, 4) is 5.69 Å². The number of carbonyl (C=O) groups excluding carboxylic acids is 1. The minimum Gasteiger partial charge on any atom is -0.324 e. The van der Waals surface area contributed by atoms with Crippen LogP contribution in [0.15, 0.2) is 78.3 Å². The van der Waals surface area contributed by atoms with Crippen molar-refractivity contribution in [3.63, 3.8) is 0 Å². The molecular weight excluding hydrogens is 430 g/mol. The fraction of sp³-hybridized carbons (Fsp3) is 0.240. The van der Waals surface area contributed by atoms with Crippen LogP contribution in [0.25, 0.3) is 16.7 Å². The van der Waals surface area contributed by atoms with E-state index in [9.17, 15) is 9.59 Å². The molecule has 0 amide bonds. The van der Waals surface area contributed by atoms with Crippen LogP contribution in [-0.4, -0.2) is 54.9 Å². The number of likely N-dealkylation sites (tertiary alicyclic amines) is 1. The summed E-state index contributed by atoms with van der Waals surface area (Å²) in [5, 5.41) is 4.04. The first-order chi connectivity index (χ1) is 16.6. The monoisotopic (exact) mass is 455 g/mol. The molecule has 0 spiro atoms. The lowest BCUT2D eigenvalue weighted by Crippen LogP contribution is -2.47. The second-order valence-corrected chi connectivity index (χ2v) is 8.56. The van der Waals surface area contributed by atoms with Crippen LogP contribution in [0.3, 0.4) is 0 Å². The number of rotatable bonds is 9. The van der Waals surface area contributed by atoms with E-state index >= 15 is 0 Å². The van der Waals surface area contributed by atoms with Crippen molar-refractivity contribution in [2.24, 2.45) is 5.92 Å². The standard InChI is InChI=1S/C25H25N7O2/c1-18(16-33)13-30-14-19(15-30)8-10-32-23(34)7-2-20-12-27-25(29-24(20)32)28-21-3-5-22(6-4-21)31-11-9-26-17-31/h2-7,9,11-12,16-17,19H,1,8,10,13-15H2,(H,27,28,29). The molecule has 4 aromatic rings. The van der Waals surface area contributed by atoms with Crippen LogP contribution in [0.1, 0.15) is 6.42 Å². The third-order valence-electron chi connectivity index (χ3n) is 6.04. The van der Waals surface area contributed by atoms with Gasteiger partial charge in [0.15, 0.2) is 0 Å². The third kappa shape index (κ3) is 4.65. The van der Waals surface area contributed by atoms with Crippen molar-refractivity contribution >= 4 is 29.0 Å². The molecule has 3 aromatic heterocycles. The summed E-state index contributed by atoms with van der Waals surface area (Å²) < 4.78 is 3.65. The Balaban J connectivity index is 1.29. The van der Waals surface area contributed by atoms with Gasteiger partial charge in [-0.05, 0) is 48.2 Å². The molecule has 1 N–H and O–H groups in total. The molecule has 0 aliphatic carbocycles. The summed E-state index contributed by atoms with van der Waals surface area (Å²) in [5.41, 5.74) is 2.98. The Morgan fingerprint density at radius 1 is 1.18 bits per heavy atom.